The number of anilines is 1. The fraction of sp³-hybridized carbons (Fsp3) is 0.412. The minimum Gasteiger partial charge on any atom is -0.366 e. The van der Waals surface area contributed by atoms with Crippen LogP contribution in [-0.2, 0) is 0 Å². The van der Waals surface area contributed by atoms with Crippen molar-refractivity contribution in [3.05, 3.63) is 42.0 Å². The Hall–Kier alpha value is -1.50. The van der Waals surface area contributed by atoms with Gasteiger partial charge in [-0.1, -0.05) is 30.3 Å². The monoisotopic (exact) mass is 241 g/mol. The van der Waals surface area contributed by atoms with Crippen LogP contribution < -0.4 is 4.90 Å². The number of nitrogens with zero attached hydrogens (tertiary/aromatic N) is 1. The smallest absolute Gasteiger partial charge is 0.0450 e. The molecule has 0 amide bonds. The number of hydrogen-bond acceptors (Lipinski definition) is 1. The van der Waals surface area contributed by atoms with E-state index in [4.69, 9.17) is 0 Å². The van der Waals surface area contributed by atoms with E-state index in [1.807, 2.05) is 0 Å². The summed E-state index contributed by atoms with van der Waals surface area (Å²) in [5.74, 6) is 0. The normalized spacial score (nSPS) is 11.5. The van der Waals surface area contributed by atoms with Gasteiger partial charge in [0.25, 0.3) is 0 Å². The van der Waals surface area contributed by atoms with Crippen LogP contribution in [0.15, 0.2) is 36.4 Å². The quantitative estimate of drug-likeness (QED) is 0.748. The summed E-state index contributed by atoms with van der Waals surface area (Å²) < 4.78 is 0. The molecule has 96 valence electrons. The average molecular weight is 241 g/mol. The van der Waals surface area contributed by atoms with E-state index in [0.29, 0.717) is 12.1 Å². The molecule has 0 aromatic heterocycles. The number of rotatable bonds is 3. The van der Waals surface area contributed by atoms with Crippen molar-refractivity contribution < 1.29 is 0 Å². The number of benzene rings is 2. The van der Waals surface area contributed by atoms with E-state index in [9.17, 15) is 0 Å². The van der Waals surface area contributed by atoms with Gasteiger partial charge in [0.2, 0.25) is 0 Å². The molecule has 0 saturated heterocycles. The zero-order chi connectivity index (χ0) is 13.3. The lowest BCUT2D eigenvalue weighted by molar-refractivity contribution is 0.610. The minimum atomic E-state index is 0.510. The first kappa shape index (κ1) is 12.9. The van der Waals surface area contributed by atoms with Gasteiger partial charge in [-0.3, -0.25) is 0 Å². The van der Waals surface area contributed by atoms with Crippen LogP contribution in [0.2, 0.25) is 0 Å². The summed E-state index contributed by atoms with van der Waals surface area (Å²) in [5, 5.41) is 2.72. The maximum absolute atomic E-state index is 2.49. The molecule has 2 aromatic rings. The lowest BCUT2D eigenvalue weighted by Crippen LogP contribution is -2.37. The highest BCUT2D eigenvalue weighted by Gasteiger charge is 2.16. The maximum atomic E-state index is 2.49. The van der Waals surface area contributed by atoms with E-state index in [2.05, 4.69) is 75.9 Å². The standard InChI is InChI=1S/C17H23N/c1-12(2)18(13(3)4)17-11-10-14(5)15-8-6-7-9-16(15)17/h6-13H,1-5H3. The van der Waals surface area contributed by atoms with Gasteiger partial charge < -0.3 is 4.90 Å². The fourth-order valence-corrected chi connectivity index (χ4v) is 2.81. The van der Waals surface area contributed by atoms with Gasteiger partial charge in [0, 0.05) is 23.2 Å². The molecule has 2 aromatic carbocycles. The molecule has 0 atom stereocenters. The Bertz CT molecular complexity index is 532. The Balaban J connectivity index is 2.67. The second-order valence-corrected chi connectivity index (χ2v) is 5.54. The van der Waals surface area contributed by atoms with Crippen LogP contribution in [0.5, 0.6) is 0 Å². The maximum Gasteiger partial charge on any atom is 0.0450 e. The Morgan fingerprint density at radius 3 is 1.89 bits per heavy atom. The first-order chi connectivity index (χ1) is 8.52. The summed E-state index contributed by atoms with van der Waals surface area (Å²) in [7, 11) is 0. The van der Waals surface area contributed by atoms with E-state index in [1.54, 1.807) is 0 Å². The van der Waals surface area contributed by atoms with Crippen molar-refractivity contribution >= 4 is 16.5 Å². The minimum absolute atomic E-state index is 0.510. The van der Waals surface area contributed by atoms with Gasteiger partial charge in [0.15, 0.2) is 0 Å². The van der Waals surface area contributed by atoms with Crippen molar-refractivity contribution in [1.82, 2.24) is 0 Å². The van der Waals surface area contributed by atoms with Gasteiger partial charge >= 0.3 is 0 Å². The van der Waals surface area contributed by atoms with E-state index < -0.39 is 0 Å². The summed E-state index contributed by atoms with van der Waals surface area (Å²) in [5.41, 5.74) is 2.70. The van der Waals surface area contributed by atoms with Gasteiger partial charge in [-0.25, -0.2) is 0 Å². The summed E-state index contributed by atoms with van der Waals surface area (Å²) in [6.45, 7) is 11.2. The molecular formula is C17H23N. The van der Waals surface area contributed by atoms with Crippen molar-refractivity contribution in [1.29, 1.82) is 0 Å². The molecule has 0 aliphatic rings. The third-order valence-electron chi connectivity index (χ3n) is 3.51. The molecule has 0 spiro atoms. The second-order valence-electron chi connectivity index (χ2n) is 5.54. The van der Waals surface area contributed by atoms with Crippen molar-refractivity contribution in [3.8, 4) is 0 Å². The van der Waals surface area contributed by atoms with E-state index in [-0.39, 0.29) is 0 Å². The lowest BCUT2D eigenvalue weighted by Gasteiger charge is -2.34. The van der Waals surface area contributed by atoms with Gasteiger partial charge in [-0.2, -0.15) is 0 Å². The molecule has 0 fully saturated rings. The molecule has 0 aliphatic carbocycles. The highest BCUT2D eigenvalue weighted by molar-refractivity contribution is 5.96. The molecule has 1 nitrogen and oxygen atoms in total. The summed E-state index contributed by atoms with van der Waals surface area (Å²) in [6, 6.07) is 14.2. The van der Waals surface area contributed by atoms with Crippen LogP contribution in [0.3, 0.4) is 0 Å². The molecule has 18 heavy (non-hydrogen) atoms. The van der Waals surface area contributed by atoms with Crippen molar-refractivity contribution in [2.24, 2.45) is 0 Å². The largest absolute Gasteiger partial charge is 0.366 e. The number of hydrogen-bond donors (Lipinski definition) is 0. The number of fused-ring (bicyclic) bond motifs is 1. The van der Waals surface area contributed by atoms with Crippen LogP contribution in [-0.4, -0.2) is 12.1 Å². The van der Waals surface area contributed by atoms with Gasteiger partial charge in [-0.05, 0) is 51.6 Å². The first-order valence-corrected chi connectivity index (χ1v) is 6.79. The summed E-state index contributed by atoms with van der Waals surface area (Å²) in [4.78, 5) is 2.49. The highest BCUT2D eigenvalue weighted by Crippen LogP contribution is 2.31. The Labute approximate surface area is 110 Å². The van der Waals surface area contributed by atoms with Crippen LogP contribution in [0, 0.1) is 6.92 Å². The van der Waals surface area contributed by atoms with E-state index in [0.717, 1.165) is 0 Å². The lowest BCUT2D eigenvalue weighted by atomic mass is 10.0. The molecular weight excluding hydrogens is 218 g/mol. The third-order valence-corrected chi connectivity index (χ3v) is 3.51. The van der Waals surface area contributed by atoms with Crippen molar-refractivity contribution in [2.75, 3.05) is 4.90 Å². The summed E-state index contributed by atoms with van der Waals surface area (Å²) in [6.07, 6.45) is 0. The fourth-order valence-electron chi connectivity index (χ4n) is 2.81. The third kappa shape index (κ3) is 2.22. The van der Waals surface area contributed by atoms with Crippen molar-refractivity contribution in [2.45, 2.75) is 46.7 Å². The molecule has 0 saturated carbocycles. The Kier molecular flexibility index (Phi) is 3.60. The van der Waals surface area contributed by atoms with Gasteiger partial charge in [0.1, 0.15) is 0 Å². The van der Waals surface area contributed by atoms with Gasteiger partial charge in [-0.15, -0.1) is 0 Å². The summed E-state index contributed by atoms with van der Waals surface area (Å²) >= 11 is 0. The van der Waals surface area contributed by atoms with Crippen LogP contribution >= 0.6 is 0 Å². The number of aryl methyl sites for hydroxylation is 1. The predicted octanol–water partition coefficient (Wildman–Crippen LogP) is 4.77. The van der Waals surface area contributed by atoms with Crippen LogP contribution in [0.4, 0.5) is 5.69 Å². The molecule has 0 unspecified atom stereocenters. The second kappa shape index (κ2) is 5.01. The first-order valence-electron chi connectivity index (χ1n) is 6.79. The zero-order valence-electron chi connectivity index (χ0n) is 12.1. The van der Waals surface area contributed by atoms with Gasteiger partial charge in [0.05, 0.1) is 0 Å². The molecule has 0 heterocycles. The highest BCUT2D eigenvalue weighted by atomic mass is 15.2. The van der Waals surface area contributed by atoms with E-state index in [1.165, 1.54) is 22.0 Å². The molecule has 0 radical (unpaired) electrons. The Morgan fingerprint density at radius 1 is 0.778 bits per heavy atom. The van der Waals surface area contributed by atoms with Crippen LogP contribution in [0.1, 0.15) is 33.3 Å². The molecule has 1 heteroatoms. The average Bonchev–Trinajstić information content (AvgIpc) is 2.32. The SMILES string of the molecule is Cc1ccc(N(C(C)C)C(C)C)c2ccccc12. The molecule has 0 aliphatic heterocycles. The molecule has 0 N–H and O–H groups in total. The zero-order valence-corrected chi connectivity index (χ0v) is 12.1. The topological polar surface area (TPSA) is 3.24 Å². The predicted molar refractivity (Wildman–Crippen MR) is 81.4 cm³/mol. The van der Waals surface area contributed by atoms with Crippen molar-refractivity contribution in [3.63, 3.8) is 0 Å². The molecule has 0 bridgehead atoms. The van der Waals surface area contributed by atoms with E-state index >= 15 is 0 Å². The Morgan fingerprint density at radius 2 is 1.33 bits per heavy atom. The molecule has 2 rings (SSSR count). The van der Waals surface area contributed by atoms with Crippen LogP contribution in [0.25, 0.3) is 10.8 Å².